The van der Waals surface area contributed by atoms with Crippen LogP contribution in [0, 0.1) is 5.92 Å². The number of carboxylic acid groups (broad SMARTS) is 1. The van der Waals surface area contributed by atoms with E-state index in [-0.39, 0.29) is 18.6 Å². The van der Waals surface area contributed by atoms with Crippen LogP contribution in [0.25, 0.3) is 0 Å². The summed E-state index contributed by atoms with van der Waals surface area (Å²) < 4.78 is 0. The zero-order chi connectivity index (χ0) is 12.1. The molecule has 0 spiro atoms. The number of rotatable bonds is 6. The third kappa shape index (κ3) is 3.30. The van der Waals surface area contributed by atoms with Gasteiger partial charge < -0.3 is 15.5 Å². The maximum Gasteiger partial charge on any atom is 0.346 e. The first-order chi connectivity index (χ1) is 7.56. The molecule has 1 heterocycles. The lowest BCUT2D eigenvalue weighted by Crippen LogP contribution is -2.33. The second-order valence-electron chi connectivity index (χ2n) is 3.91. The van der Waals surface area contributed by atoms with Gasteiger partial charge in [0, 0.05) is 19.2 Å². The van der Waals surface area contributed by atoms with E-state index in [4.69, 9.17) is 10.2 Å². The molecule has 2 unspecified atom stereocenters. The number of hydrogen-bond donors (Lipinski definition) is 3. The number of aliphatic hydroxyl groups excluding tert-OH is 1. The highest BCUT2D eigenvalue weighted by atomic mass is 32.1. The van der Waals surface area contributed by atoms with Crippen molar-refractivity contribution in [3.05, 3.63) is 21.9 Å². The van der Waals surface area contributed by atoms with Crippen molar-refractivity contribution in [3.8, 4) is 0 Å². The fourth-order valence-electron chi connectivity index (χ4n) is 1.29. The van der Waals surface area contributed by atoms with Gasteiger partial charge in [0.25, 0.3) is 0 Å². The maximum atomic E-state index is 10.9. The molecule has 0 amide bonds. The van der Waals surface area contributed by atoms with Gasteiger partial charge in [-0.15, -0.1) is 11.3 Å². The molecule has 0 saturated carbocycles. The van der Waals surface area contributed by atoms with E-state index < -0.39 is 5.97 Å². The van der Waals surface area contributed by atoms with Crippen molar-refractivity contribution in [2.24, 2.45) is 5.92 Å². The van der Waals surface area contributed by atoms with Gasteiger partial charge in [-0.25, -0.2) is 4.79 Å². The number of thiophene rings is 1. The zero-order valence-corrected chi connectivity index (χ0v) is 10.3. The van der Waals surface area contributed by atoms with Gasteiger partial charge in [-0.05, 0) is 29.9 Å². The van der Waals surface area contributed by atoms with Crippen LogP contribution >= 0.6 is 11.3 Å². The highest BCUT2D eigenvalue weighted by molar-refractivity contribution is 7.12. The van der Waals surface area contributed by atoms with E-state index in [9.17, 15) is 4.79 Å². The summed E-state index contributed by atoms with van der Waals surface area (Å²) in [4.78, 5) is 11.2. The molecule has 1 rings (SSSR count). The first kappa shape index (κ1) is 13.2. The van der Waals surface area contributed by atoms with Crippen LogP contribution in [0.4, 0.5) is 0 Å². The summed E-state index contributed by atoms with van der Waals surface area (Å²) >= 11 is 1.23. The molecule has 3 N–H and O–H groups in total. The Morgan fingerprint density at radius 1 is 1.56 bits per heavy atom. The van der Waals surface area contributed by atoms with Crippen molar-refractivity contribution in [2.75, 3.05) is 6.61 Å². The van der Waals surface area contributed by atoms with Gasteiger partial charge in [-0.1, -0.05) is 6.92 Å². The average molecular weight is 243 g/mol. The summed E-state index contributed by atoms with van der Waals surface area (Å²) in [5, 5.41) is 22.9. The smallest absolute Gasteiger partial charge is 0.346 e. The molecule has 5 heteroatoms. The highest BCUT2D eigenvalue weighted by Crippen LogP contribution is 2.17. The van der Waals surface area contributed by atoms with Crippen LogP contribution in [-0.2, 0) is 6.54 Å². The van der Waals surface area contributed by atoms with E-state index in [2.05, 4.69) is 5.32 Å². The Bertz CT molecular complexity index is 351. The Labute approximate surface area is 98.9 Å². The summed E-state index contributed by atoms with van der Waals surface area (Å²) in [5.74, 6) is -0.721. The second-order valence-corrected chi connectivity index (χ2v) is 4.83. The van der Waals surface area contributed by atoms with Crippen LogP contribution in [0.3, 0.4) is 0 Å². The molecule has 1 aromatic heterocycles. The summed E-state index contributed by atoms with van der Waals surface area (Å²) in [6.45, 7) is 4.58. The molecule has 0 aromatic carbocycles. The van der Waals surface area contributed by atoms with Gasteiger partial charge in [0.05, 0.1) is 0 Å². The van der Waals surface area contributed by atoms with Crippen molar-refractivity contribution >= 4 is 17.3 Å². The Hall–Kier alpha value is -0.910. The normalized spacial score (nSPS) is 14.7. The molecule has 0 radical (unpaired) electrons. The molecule has 0 aliphatic rings. The van der Waals surface area contributed by atoms with Crippen molar-refractivity contribution < 1.29 is 15.0 Å². The van der Waals surface area contributed by atoms with Gasteiger partial charge in [0.2, 0.25) is 0 Å². The summed E-state index contributed by atoms with van der Waals surface area (Å²) in [7, 11) is 0. The molecule has 0 bridgehead atoms. The second kappa shape index (κ2) is 5.98. The highest BCUT2D eigenvalue weighted by Gasteiger charge is 2.14. The molecular formula is C11H17NO3S. The van der Waals surface area contributed by atoms with Crippen LogP contribution in [-0.4, -0.2) is 28.8 Å². The lowest BCUT2D eigenvalue weighted by atomic mass is 10.0. The molecule has 90 valence electrons. The molecular weight excluding hydrogens is 226 g/mol. The zero-order valence-electron chi connectivity index (χ0n) is 9.43. The van der Waals surface area contributed by atoms with Crippen molar-refractivity contribution in [2.45, 2.75) is 26.4 Å². The summed E-state index contributed by atoms with van der Waals surface area (Å²) in [5.41, 5.74) is 0.800. The first-order valence-electron chi connectivity index (χ1n) is 5.20. The summed E-state index contributed by atoms with van der Waals surface area (Å²) in [6, 6.07) is 1.98. The maximum absolute atomic E-state index is 10.9. The average Bonchev–Trinajstić information content (AvgIpc) is 2.72. The predicted molar refractivity (Wildman–Crippen MR) is 63.8 cm³/mol. The van der Waals surface area contributed by atoms with Crippen LogP contribution in [0.15, 0.2) is 11.4 Å². The van der Waals surface area contributed by atoms with Gasteiger partial charge >= 0.3 is 5.97 Å². The minimum atomic E-state index is -0.880. The SMILES string of the molecule is CC(CO)C(C)NCc1ccsc1C(=O)O. The number of aromatic carboxylic acids is 1. The molecule has 0 saturated heterocycles. The number of carboxylic acids is 1. The lowest BCUT2D eigenvalue weighted by Gasteiger charge is -2.19. The minimum absolute atomic E-state index is 0.129. The van der Waals surface area contributed by atoms with E-state index in [0.29, 0.717) is 11.4 Å². The van der Waals surface area contributed by atoms with E-state index in [1.54, 1.807) is 5.38 Å². The van der Waals surface area contributed by atoms with E-state index in [1.165, 1.54) is 11.3 Å². The minimum Gasteiger partial charge on any atom is -0.477 e. The number of carbonyl (C=O) groups is 1. The van der Waals surface area contributed by atoms with Crippen molar-refractivity contribution in [1.29, 1.82) is 0 Å². The molecule has 16 heavy (non-hydrogen) atoms. The quantitative estimate of drug-likeness (QED) is 0.709. The van der Waals surface area contributed by atoms with Crippen LogP contribution in [0.5, 0.6) is 0 Å². The van der Waals surface area contributed by atoms with Crippen molar-refractivity contribution in [3.63, 3.8) is 0 Å². The molecule has 0 aliphatic heterocycles. The van der Waals surface area contributed by atoms with Crippen LogP contribution in [0.2, 0.25) is 0 Å². The number of aliphatic hydroxyl groups is 1. The third-order valence-corrected chi connectivity index (χ3v) is 3.64. The van der Waals surface area contributed by atoms with E-state index in [0.717, 1.165) is 5.56 Å². The number of hydrogen-bond acceptors (Lipinski definition) is 4. The largest absolute Gasteiger partial charge is 0.477 e. The monoisotopic (exact) mass is 243 g/mol. The van der Waals surface area contributed by atoms with Crippen molar-refractivity contribution in [1.82, 2.24) is 5.32 Å². The Morgan fingerprint density at radius 2 is 2.25 bits per heavy atom. The van der Waals surface area contributed by atoms with Crippen LogP contribution < -0.4 is 5.32 Å². The van der Waals surface area contributed by atoms with Gasteiger partial charge in [0.15, 0.2) is 0 Å². The fraction of sp³-hybridized carbons (Fsp3) is 0.545. The molecule has 1 aromatic rings. The van der Waals surface area contributed by atoms with Gasteiger partial charge in [-0.2, -0.15) is 0 Å². The predicted octanol–water partition coefficient (Wildman–Crippen LogP) is 1.55. The Balaban J connectivity index is 2.54. The Kier molecular flexibility index (Phi) is 4.92. The standard InChI is InChI=1S/C11H17NO3S/c1-7(6-13)8(2)12-5-9-3-4-16-10(9)11(14)15/h3-4,7-8,12-13H,5-6H2,1-2H3,(H,14,15). The number of nitrogens with one attached hydrogen (secondary N) is 1. The fourth-order valence-corrected chi connectivity index (χ4v) is 2.05. The molecule has 4 nitrogen and oxygen atoms in total. The molecule has 2 atom stereocenters. The van der Waals surface area contributed by atoms with Gasteiger partial charge in [-0.3, -0.25) is 0 Å². The molecule has 0 aliphatic carbocycles. The van der Waals surface area contributed by atoms with Crippen LogP contribution in [0.1, 0.15) is 29.1 Å². The first-order valence-corrected chi connectivity index (χ1v) is 6.08. The lowest BCUT2D eigenvalue weighted by molar-refractivity contribution is 0.0700. The topological polar surface area (TPSA) is 69.6 Å². The van der Waals surface area contributed by atoms with E-state index in [1.807, 2.05) is 19.9 Å². The van der Waals surface area contributed by atoms with E-state index >= 15 is 0 Å². The molecule has 0 fully saturated rings. The summed E-state index contributed by atoms with van der Waals surface area (Å²) in [6.07, 6.45) is 0. The third-order valence-electron chi connectivity index (χ3n) is 2.70. The Morgan fingerprint density at radius 3 is 2.81 bits per heavy atom. The van der Waals surface area contributed by atoms with Gasteiger partial charge in [0.1, 0.15) is 4.88 Å².